The second-order valence-corrected chi connectivity index (χ2v) is 8.33. The second kappa shape index (κ2) is 9.82. The van der Waals surface area contributed by atoms with E-state index in [4.69, 9.17) is 14.5 Å². The normalized spacial score (nSPS) is 13.0. The smallest absolute Gasteiger partial charge is 0.252 e. The number of aromatic amines is 1. The van der Waals surface area contributed by atoms with Crippen LogP contribution in [0.4, 0.5) is 0 Å². The molecule has 2 N–H and O–H groups in total. The molecular formula is C24H26N4O3S. The van der Waals surface area contributed by atoms with Crippen molar-refractivity contribution in [3.05, 3.63) is 70.4 Å². The van der Waals surface area contributed by atoms with Gasteiger partial charge in [0.2, 0.25) is 0 Å². The number of carbonyl (C=O) groups is 1. The first-order valence-corrected chi connectivity index (χ1v) is 11.5. The lowest BCUT2D eigenvalue weighted by molar-refractivity contribution is 0.0920. The summed E-state index contributed by atoms with van der Waals surface area (Å²) in [5.74, 6) is 1.82. The average Bonchev–Trinajstić information content (AvgIpc) is 3.50. The fourth-order valence-electron chi connectivity index (χ4n) is 3.45. The van der Waals surface area contributed by atoms with Crippen molar-refractivity contribution in [2.45, 2.75) is 32.9 Å². The fourth-order valence-corrected chi connectivity index (χ4v) is 3.99. The number of thiazole rings is 1. The topological polar surface area (TPSA) is 89.1 Å². The van der Waals surface area contributed by atoms with Crippen LogP contribution in [0, 0.1) is 5.92 Å². The van der Waals surface area contributed by atoms with Gasteiger partial charge in [0.1, 0.15) is 12.4 Å². The molecule has 0 bridgehead atoms. The van der Waals surface area contributed by atoms with Crippen LogP contribution in [-0.4, -0.2) is 28.0 Å². The van der Waals surface area contributed by atoms with Gasteiger partial charge in [-0.3, -0.25) is 4.79 Å². The van der Waals surface area contributed by atoms with E-state index in [0.29, 0.717) is 23.7 Å². The Hall–Kier alpha value is -3.39. The van der Waals surface area contributed by atoms with E-state index >= 15 is 0 Å². The predicted octanol–water partition coefficient (Wildman–Crippen LogP) is 5.12. The maximum Gasteiger partial charge on any atom is 0.252 e. The first kappa shape index (κ1) is 21.8. The summed E-state index contributed by atoms with van der Waals surface area (Å²) in [4.78, 5) is 25.4. The Kier molecular flexibility index (Phi) is 6.70. The molecule has 0 aliphatic rings. The van der Waals surface area contributed by atoms with Crippen molar-refractivity contribution in [1.29, 1.82) is 0 Å². The standard InChI is InChI=1S/C24H26N4O3S/c1-4-15(2)22(23-26-18-7-5-6-8-19(18)27-23)28-24(29)16-9-10-20(21(11-16)30-3)31-12-17-13-32-14-25-17/h5-11,13-15,22H,4,12H2,1-3H3,(H,26,27)(H,28,29). The van der Waals surface area contributed by atoms with Gasteiger partial charge in [0.15, 0.2) is 11.5 Å². The molecule has 0 spiro atoms. The molecule has 2 heterocycles. The summed E-state index contributed by atoms with van der Waals surface area (Å²) in [6.45, 7) is 4.55. The summed E-state index contributed by atoms with van der Waals surface area (Å²) in [5, 5.41) is 5.08. The van der Waals surface area contributed by atoms with Gasteiger partial charge in [0, 0.05) is 10.9 Å². The van der Waals surface area contributed by atoms with Gasteiger partial charge in [-0.05, 0) is 36.2 Å². The number of hydrogen-bond donors (Lipinski definition) is 2. The minimum Gasteiger partial charge on any atom is -0.493 e. The van der Waals surface area contributed by atoms with Crippen molar-refractivity contribution < 1.29 is 14.3 Å². The number of imidazole rings is 1. The van der Waals surface area contributed by atoms with E-state index in [1.807, 2.05) is 29.6 Å². The Morgan fingerprint density at radius 1 is 1.22 bits per heavy atom. The SMILES string of the molecule is CCC(C)C(NC(=O)c1ccc(OCc2cscn2)c(OC)c1)c1nc2ccccc2[nH]1. The van der Waals surface area contributed by atoms with Gasteiger partial charge in [-0.25, -0.2) is 9.97 Å². The van der Waals surface area contributed by atoms with E-state index in [1.165, 1.54) is 11.3 Å². The van der Waals surface area contributed by atoms with Gasteiger partial charge in [-0.1, -0.05) is 32.4 Å². The molecule has 0 aliphatic heterocycles. The molecular weight excluding hydrogens is 424 g/mol. The lowest BCUT2D eigenvalue weighted by atomic mass is 9.98. The predicted molar refractivity (Wildman–Crippen MR) is 125 cm³/mol. The average molecular weight is 451 g/mol. The molecule has 4 rings (SSSR count). The van der Waals surface area contributed by atoms with Crippen molar-refractivity contribution in [3.8, 4) is 11.5 Å². The van der Waals surface area contributed by atoms with Crippen molar-refractivity contribution >= 4 is 28.3 Å². The summed E-state index contributed by atoms with van der Waals surface area (Å²) in [6.07, 6.45) is 0.898. The summed E-state index contributed by atoms with van der Waals surface area (Å²) >= 11 is 1.52. The third-order valence-electron chi connectivity index (χ3n) is 5.49. The quantitative estimate of drug-likeness (QED) is 0.369. The number of amides is 1. The monoisotopic (exact) mass is 450 g/mol. The van der Waals surface area contributed by atoms with Crippen LogP contribution in [0.1, 0.15) is 48.2 Å². The molecule has 0 saturated carbocycles. The number of nitrogens with zero attached hydrogens (tertiary/aromatic N) is 2. The van der Waals surface area contributed by atoms with Crippen molar-refractivity contribution in [3.63, 3.8) is 0 Å². The van der Waals surface area contributed by atoms with Crippen LogP contribution < -0.4 is 14.8 Å². The zero-order chi connectivity index (χ0) is 22.5. The van der Waals surface area contributed by atoms with E-state index in [2.05, 4.69) is 29.1 Å². The number of benzene rings is 2. The third kappa shape index (κ3) is 4.75. The highest BCUT2D eigenvalue weighted by atomic mass is 32.1. The minimum absolute atomic E-state index is 0.194. The number of ether oxygens (including phenoxy) is 2. The van der Waals surface area contributed by atoms with Crippen LogP contribution in [0.3, 0.4) is 0 Å². The molecule has 2 atom stereocenters. The number of carbonyl (C=O) groups excluding carboxylic acids is 1. The number of aromatic nitrogens is 3. The van der Waals surface area contributed by atoms with Gasteiger partial charge >= 0.3 is 0 Å². The highest BCUT2D eigenvalue weighted by Gasteiger charge is 2.24. The molecule has 1 amide bonds. The lowest BCUT2D eigenvalue weighted by Crippen LogP contribution is -2.33. The van der Waals surface area contributed by atoms with E-state index < -0.39 is 0 Å². The lowest BCUT2D eigenvalue weighted by Gasteiger charge is -2.22. The van der Waals surface area contributed by atoms with E-state index in [-0.39, 0.29) is 17.9 Å². The van der Waals surface area contributed by atoms with Crippen LogP contribution >= 0.6 is 11.3 Å². The molecule has 0 saturated heterocycles. The number of para-hydroxylation sites is 2. The minimum atomic E-state index is -0.244. The molecule has 8 heteroatoms. The third-order valence-corrected chi connectivity index (χ3v) is 6.12. The fraction of sp³-hybridized carbons (Fsp3) is 0.292. The zero-order valence-electron chi connectivity index (χ0n) is 18.3. The van der Waals surface area contributed by atoms with Crippen LogP contribution in [0.25, 0.3) is 11.0 Å². The Bertz CT molecular complexity index is 1160. The van der Waals surface area contributed by atoms with Crippen molar-refractivity contribution in [2.24, 2.45) is 5.92 Å². The van der Waals surface area contributed by atoms with Crippen LogP contribution in [-0.2, 0) is 6.61 Å². The number of fused-ring (bicyclic) bond motifs is 1. The van der Waals surface area contributed by atoms with Gasteiger partial charge < -0.3 is 19.8 Å². The van der Waals surface area contributed by atoms with Gasteiger partial charge in [0.25, 0.3) is 5.91 Å². The molecule has 0 aliphatic carbocycles. The summed E-state index contributed by atoms with van der Waals surface area (Å²) in [6, 6.07) is 12.8. The number of nitrogens with one attached hydrogen (secondary N) is 2. The zero-order valence-corrected chi connectivity index (χ0v) is 19.1. The Morgan fingerprint density at radius 3 is 2.78 bits per heavy atom. The first-order valence-electron chi connectivity index (χ1n) is 10.5. The van der Waals surface area contributed by atoms with Gasteiger partial charge in [-0.15, -0.1) is 11.3 Å². The number of H-pyrrole nitrogens is 1. The number of hydrogen-bond acceptors (Lipinski definition) is 6. The molecule has 4 aromatic rings. The molecule has 2 aromatic heterocycles. The van der Waals surface area contributed by atoms with Gasteiger partial charge in [-0.2, -0.15) is 0 Å². The Balaban J connectivity index is 1.53. The number of methoxy groups -OCH3 is 1. The molecule has 2 unspecified atom stereocenters. The second-order valence-electron chi connectivity index (χ2n) is 7.61. The first-order chi connectivity index (χ1) is 15.6. The van der Waals surface area contributed by atoms with E-state index in [1.54, 1.807) is 30.8 Å². The number of rotatable bonds is 9. The Labute approximate surface area is 190 Å². The maximum atomic E-state index is 13.1. The molecule has 0 radical (unpaired) electrons. The van der Waals surface area contributed by atoms with Crippen molar-refractivity contribution in [2.75, 3.05) is 7.11 Å². The summed E-state index contributed by atoms with van der Waals surface area (Å²) in [7, 11) is 1.56. The van der Waals surface area contributed by atoms with Crippen LogP contribution in [0.2, 0.25) is 0 Å². The molecule has 2 aromatic carbocycles. The van der Waals surface area contributed by atoms with Gasteiger partial charge in [0.05, 0.1) is 35.4 Å². The largest absolute Gasteiger partial charge is 0.493 e. The van der Waals surface area contributed by atoms with E-state index in [9.17, 15) is 4.79 Å². The highest BCUT2D eigenvalue weighted by Crippen LogP contribution is 2.30. The van der Waals surface area contributed by atoms with E-state index in [0.717, 1.165) is 29.0 Å². The highest BCUT2D eigenvalue weighted by molar-refractivity contribution is 7.07. The van der Waals surface area contributed by atoms with Crippen LogP contribution in [0.5, 0.6) is 11.5 Å². The molecule has 32 heavy (non-hydrogen) atoms. The maximum absolute atomic E-state index is 13.1. The summed E-state index contributed by atoms with van der Waals surface area (Å²) < 4.78 is 11.3. The summed E-state index contributed by atoms with van der Waals surface area (Å²) in [5.41, 5.74) is 4.94. The molecule has 166 valence electrons. The van der Waals surface area contributed by atoms with Crippen LogP contribution in [0.15, 0.2) is 53.4 Å². The van der Waals surface area contributed by atoms with Crippen molar-refractivity contribution in [1.82, 2.24) is 20.3 Å². The Morgan fingerprint density at radius 2 is 2.06 bits per heavy atom. The molecule has 7 nitrogen and oxygen atoms in total. The molecule has 0 fully saturated rings.